The molecule has 1 fully saturated rings. The van der Waals surface area contributed by atoms with E-state index < -0.39 is 18.2 Å². The van der Waals surface area contributed by atoms with Gasteiger partial charge in [-0.05, 0) is 26.7 Å². The maximum Gasteiger partial charge on any atom is 0.180 e. The first kappa shape index (κ1) is 13.8. The van der Waals surface area contributed by atoms with Crippen molar-refractivity contribution in [3.05, 3.63) is 0 Å². The van der Waals surface area contributed by atoms with Gasteiger partial charge in [-0.1, -0.05) is 0 Å². The van der Waals surface area contributed by atoms with Gasteiger partial charge in [-0.25, -0.2) is 0 Å². The highest BCUT2D eigenvalue weighted by Gasteiger charge is 2.20. The highest BCUT2D eigenvalue weighted by atomic mass is 16.6. The van der Waals surface area contributed by atoms with Crippen LogP contribution >= 0.6 is 0 Å². The zero-order chi connectivity index (χ0) is 11.2. The topological polar surface area (TPSA) is 79.2 Å². The molecule has 2 unspecified atom stereocenters. The predicted molar refractivity (Wildman–Crippen MR) is 50.5 cm³/mol. The van der Waals surface area contributed by atoms with Gasteiger partial charge in [0.1, 0.15) is 6.10 Å². The van der Waals surface area contributed by atoms with Crippen molar-refractivity contribution in [2.24, 2.45) is 0 Å². The minimum atomic E-state index is -0.958. The van der Waals surface area contributed by atoms with Crippen LogP contribution in [0.5, 0.6) is 0 Å². The number of hydrogen-bond acceptors (Lipinski definition) is 5. The van der Waals surface area contributed by atoms with E-state index in [-0.39, 0.29) is 0 Å². The van der Waals surface area contributed by atoms with Crippen molar-refractivity contribution in [3.63, 3.8) is 0 Å². The molecule has 1 heterocycles. The third-order valence-electron chi connectivity index (χ3n) is 1.76. The summed E-state index contributed by atoms with van der Waals surface area (Å²) in [5, 5.41) is 26.1. The number of aliphatic hydroxyl groups is 3. The van der Waals surface area contributed by atoms with Crippen LogP contribution in [0.15, 0.2) is 0 Å². The molecule has 1 saturated heterocycles. The maximum atomic E-state index is 8.80. The van der Waals surface area contributed by atoms with E-state index in [1.807, 2.05) is 0 Å². The fourth-order valence-electron chi connectivity index (χ4n) is 0.750. The molecule has 0 bridgehead atoms. The lowest BCUT2D eigenvalue weighted by Gasteiger charge is -2.22. The Bertz CT molecular complexity index is 133. The van der Waals surface area contributed by atoms with Crippen LogP contribution in [-0.4, -0.2) is 47.2 Å². The number of ether oxygens (including phenoxy) is 2. The van der Waals surface area contributed by atoms with Gasteiger partial charge in [0.15, 0.2) is 12.1 Å². The van der Waals surface area contributed by atoms with Crippen LogP contribution in [0.25, 0.3) is 0 Å². The normalized spacial score (nSPS) is 27.9. The molecule has 0 saturated carbocycles. The molecule has 1 aliphatic rings. The Hall–Kier alpha value is -0.200. The fraction of sp³-hybridized carbons (Fsp3) is 1.00. The smallest absolute Gasteiger partial charge is 0.180 e. The molecule has 0 aliphatic carbocycles. The molecule has 3 N–H and O–H groups in total. The van der Waals surface area contributed by atoms with E-state index in [1.165, 1.54) is 7.11 Å². The second-order valence-electron chi connectivity index (χ2n) is 3.62. The van der Waals surface area contributed by atoms with Crippen LogP contribution in [0.4, 0.5) is 0 Å². The first-order valence-corrected chi connectivity index (χ1v) is 4.62. The summed E-state index contributed by atoms with van der Waals surface area (Å²) >= 11 is 0. The van der Waals surface area contributed by atoms with Crippen LogP contribution in [0.2, 0.25) is 0 Å². The van der Waals surface area contributed by atoms with Crippen molar-refractivity contribution in [1.29, 1.82) is 0 Å². The molecule has 0 aromatic rings. The first-order valence-electron chi connectivity index (χ1n) is 4.62. The summed E-state index contributed by atoms with van der Waals surface area (Å²) in [4.78, 5) is 0. The molecule has 14 heavy (non-hydrogen) atoms. The maximum absolute atomic E-state index is 8.80. The number of hydrogen-bond donors (Lipinski definition) is 3. The van der Waals surface area contributed by atoms with E-state index in [2.05, 4.69) is 4.74 Å². The molecule has 2 atom stereocenters. The second-order valence-corrected chi connectivity index (χ2v) is 3.62. The molecule has 0 aromatic heterocycles. The fourth-order valence-corrected chi connectivity index (χ4v) is 0.750. The molecule has 0 spiro atoms. The Morgan fingerprint density at radius 3 is 2.07 bits per heavy atom. The average Bonchev–Trinajstić information content (AvgIpc) is 2.10. The summed E-state index contributed by atoms with van der Waals surface area (Å²) in [6.07, 6.45) is -0.105. The van der Waals surface area contributed by atoms with E-state index in [0.717, 1.165) is 6.42 Å². The third-order valence-corrected chi connectivity index (χ3v) is 1.76. The van der Waals surface area contributed by atoms with Crippen molar-refractivity contribution in [3.8, 4) is 0 Å². The standard InChI is InChI=1S/C5H10O3.C4H10O2/c6-4-2-1-3-8-5(4)7;1-4(2,5)6-3/h4-7H,1-3H2;5H,1-3H3. The van der Waals surface area contributed by atoms with Crippen LogP contribution in [0.3, 0.4) is 0 Å². The van der Waals surface area contributed by atoms with Crippen molar-refractivity contribution in [2.75, 3.05) is 13.7 Å². The van der Waals surface area contributed by atoms with Crippen LogP contribution in [-0.2, 0) is 9.47 Å². The van der Waals surface area contributed by atoms with Crippen LogP contribution in [0, 0.1) is 0 Å². The zero-order valence-corrected chi connectivity index (χ0v) is 8.93. The number of methoxy groups -OCH3 is 1. The van der Waals surface area contributed by atoms with Gasteiger partial charge in [0.05, 0.1) is 0 Å². The monoisotopic (exact) mass is 208 g/mol. The van der Waals surface area contributed by atoms with E-state index in [4.69, 9.17) is 20.1 Å². The predicted octanol–water partition coefficient (Wildman–Crippen LogP) is -0.163. The van der Waals surface area contributed by atoms with Gasteiger partial charge in [0, 0.05) is 13.7 Å². The lowest BCUT2D eigenvalue weighted by atomic mass is 10.1. The Morgan fingerprint density at radius 2 is 1.86 bits per heavy atom. The van der Waals surface area contributed by atoms with E-state index in [1.54, 1.807) is 13.8 Å². The van der Waals surface area contributed by atoms with Gasteiger partial charge >= 0.3 is 0 Å². The molecule has 0 amide bonds. The molecule has 5 nitrogen and oxygen atoms in total. The van der Waals surface area contributed by atoms with Gasteiger partial charge in [0.25, 0.3) is 0 Å². The molecular formula is C9H20O5. The molecule has 0 radical (unpaired) electrons. The van der Waals surface area contributed by atoms with Gasteiger partial charge in [-0.3, -0.25) is 0 Å². The third kappa shape index (κ3) is 7.23. The first-order chi connectivity index (χ1) is 6.37. The van der Waals surface area contributed by atoms with Gasteiger partial charge in [0.2, 0.25) is 0 Å². The van der Waals surface area contributed by atoms with Crippen molar-refractivity contribution >= 4 is 0 Å². The molecule has 0 aromatic carbocycles. The second kappa shape index (κ2) is 6.31. The molecule has 1 aliphatic heterocycles. The van der Waals surface area contributed by atoms with E-state index >= 15 is 0 Å². The van der Waals surface area contributed by atoms with Gasteiger partial charge in [-0.15, -0.1) is 0 Å². The quantitative estimate of drug-likeness (QED) is 0.522. The Kier molecular flexibility index (Phi) is 6.22. The number of rotatable bonds is 1. The highest BCUT2D eigenvalue weighted by molar-refractivity contribution is 4.62. The molecular weight excluding hydrogens is 188 g/mol. The van der Waals surface area contributed by atoms with Crippen LogP contribution in [0.1, 0.15) is 26.7 Å². The minimum Gasteiger partial charge on any atom is -0.388 e. The van der Waals surface area contributed by atoms with Gasteiger partial charge < -0.3 is 24.8 Å². The molecule has 86 valence electrons. The Labute approximate surface area is 84.3 Å². The average molecular weight is 208 g/mol. The summed E-state index contributed by atoms with van der Waals surface area (Å²) in [5.74, 6) is -0.958. The lowest BCUT2D eigenvalue weighted by molar-refractivity contribution is -0.185. The largest absolute Gasteiger partial charge is 0.388 e. The van der Waals surface area contributed by atoms with Crippen molar-refractivity contribution in [1.82, 2.24) is 0 Å². The van der Waals surface area contributed by atoms with Crippen molar-refractivity contribution in [2.45, 2.75) is 44.9 Å². The molecule has 5 heteroatoms. The summed E-state index contributed by atoms with van der Waals surface area (Å²) in [5.41, 5.74) is 0. The summed E-state index contributed by atoms with van der Waals surface area (Å²) in [7, 11) is 1.46. The number of aliphatic hydroxyl groups excluding tert-OH is 2. The van der Waals surface area contributed by atoms with Crippen LogP contribution < -0.4 is 0 Å². The minimum absolute atomic E-state index is 0.568. The van der Waals surface area contributed by atoms with Gasteiger partial charge in [-0.2, -0.15) is 0 Å². The summed E-state index contributed by atoms with van der Waals surface area (Å²) in [6.45, 7) is 3.72. The highest BCUT2D eigenvalue weighted by Crippen LogP contribution is 2.10. The van der Waals surface area contributed by atoms with E-state index in [9.17, 15) is 0 Å². The van der Waals surface area contributed by atoms with Crippen molar-refractivity contribution < 1.29 is 24.8 Å². The Morgan fingerprint density at radius 1 is 1.36 bits per heavy atom. The SMILES string of the molecule is COC(C)(C)O.OC1CCCOC1O. The Balaban J connectivity index is 0.000000255. The van der Waals surface area contributed by atoms with E-state index in [0.29, 0.717) is 13.0 Å². The lowest BCUT2D eigenvalue weighted by Crippen LogP contribution is -2.33. The molecule has 1 rings (SSSR count). The zero-order valence-electron chi connectivity index (χ0n) is 8.93. The summed E-state index contributed by atoms with van der Waals surface area (Å²) < 4.78 is 9.19. The summed E-state index contributed by atoms with van der Waals surface area (Å²) in [6, 6.07) is 0.